The topological polar surface area (TPSA) is 50.9 Å². The molecule has 1 heterocycles. The molecule has 0 radical (unpaired) electrons. The first kappa shape index (κ1) is 12.5. The second kappa shape index (κ2) is 4.85. The highest BCUT2D eigenvalue weighted by atomic mass is 15.0. The molecule has 0 aliphatic rings. The summed E-state index contributed by atoms with van der Waals surface area (Å²) >= 11 is 0. The maximum atomic E-state index is 5.78. The van der Waals surface area contributed by atoms with Gasteiger partial charge in [-0.1, -0.05) is 29.8 Å². The van der Waals surface area contributed by atoms with Crippen LogP contribution in [0.15, 0.2) is 48.5 Å². The summed E-state index contributed by atoms with van der Waals surface area (Å²) in [5.74, 6) is 0.808. The first-order chi connectivity index (χ1) is 9.61. The van der Waals surface area contributed by atoms with Gasteiger partial charge < -0.3 is 11.1 Å². The minimum Gasteiger partial charge on any atom is -0.397 e. The molecule has 3 heteroatoms. The Morgan fingerprint density at radius 2 is 1.65 bits per heavy atom. The van der Waals surface area contributed by atoms with Crippen molar-refractivity contribution in [3.05, 3.63) is 59.8 Å². The summed E-state index contributed by atoms with van der Waals surface area (Å²) in [7, 11) is 0. The van der Waals surface area contributed by atoms with Crippen LogP contribution in [0, 0.1) is 13.8 Å². The van der Waals surface area contributed by atoms with Gasteiger partial charge in [0, 0.05) is 5.69 Å². The van der Waals surface area contributed by atoms with Crippen molar-refractivity contribution >= 4 is 28.0 Å². The van der Waals surface area contributed by atoms with Crippen LogP contribution in [0.4, 0.5) is 17.2 Å². The van der Waals surface area contributed by atoms with E-state index in [4.69, 9.17) is 5.73 Å². The molecule has 1 aromatic heterocycles. The largest absolute Gasteiger partial charge is 0.397 e. The number of anilines is 3. The smallest absolute Gasteiger partial charge is 0.130 e. The fourth-order valence-corrected chi connectivity index (χ4v) is 2.23. The predicted molar refractivity (Wildman–Crippen MR) is 85.4 cm³/mol. The van der Waals surface area contributed by atoms with E-state index in [2.05, 4.69) is 53.6 Å². The van der Waals surface area contributed by atoms with Gasteiger partial charge in [-0.05, 0) is 48.9 Å². The molecule has 100 valence electrons. The third-order valence-corrected chi connectivity index (χ3v) is 3.39. The molecule has 3 nitrogen and oxygen atoms in total. The summed E-state index contributed by atoms with van der Waals surface area (Å²) in [6.45, 7) is 4.01. The van der Waals surface area contributed by atoms with E-state index in [1.807, 2.05) is 19.1 Å². The number of aromatic nitrogens is 1. The van der Waals surface area contributed by atoms with Crippen LogP contribution in [0.5, 0.6) is 0 Å². The Balaban J connectivity index is 1.94. The van der Waals surface area contributed by atoms with E-state index in [1.165, 1.54) is 16.3 Å². The van der Waals surface area contributed by atoms with E-state index in [0.29, 0.717) is 5.69 Å². The monoisotopic (exact) mass is 263 g/mol. The SMILES string of the molecule is Cc1ccc2cc(Nc3ccc(N)c(C)n3)ccc2c1. The Bertz CT molecular complexity index is 778. The lowest BCUT2D eigenvalue weighted by Gasteiger charge is -2.09. The van der Waals surface area contributed by atoms with Gasteiger partial charge in [0.2, 0.25) is 0 Å². The van der Waals surface area contributed by atoms with Crippen molar-refractivity contribution in [3.8, 4) is 0 Å². The Hall–Kier alpha value is -2.55. The average molecular weight is 263 g/mol. The van der Waals surface area contributed by atoms with Crippen LogP contribution in [0.25, 0.3) is 10.8 Å². The molecule has 0 atom stereocenters. The van der Waals surface area contributed by atoms with Crippen molar-refractivity contribution in [1.82, 2.24) is 4.98 Å². The van der Waals surface area contributed by atoms with Crippen LogP contribution in [-0.2, 0) is 0 Å². The predicted octanol–water partition coefficient (Wildman–Crippen LogP) is 4.18. The molecule has 3 aromatic rings. The first-order valence-electron chi connectivity index (χ1n) is 6.62. The Labute approximate surface area is 118 Å². The lowest BCUT2D eigenvalue weighted by atomic mass is 10.1. The van der Waals surface area contributed by atoms with Gasteiger partial charge in [-0.15, -0.1) is 0 Å². The van der Waals surface area contributed by atoms with Gasteiger partial charge in [-0.25, -0.2) is 4.98 Å². The van der Waals surface area contributed by atoms with Crippen molar-refractivity contribution in [2.75, 3.05) is 11.1 Å². The molecule has 0 amide bonds. The number of aryl methyl sites for hydroxylation is 2. The number of nitrogens with two attached hydrogens (primary N) is 1. The van der Waals surface area contributed by atoms with E-state index in [1.54, 1.807) is 0 Å². The number of benzene rings is 2. The number of nitrogens with one attached hydrogen (secondary N) is 1. The van der Waals surface area contributed by atoms with Crippen LogP contribution in [0.1, 0.15) is 11.3 Å². The number of nitrogen functional groups attached to an aromatic ring is 1. The van der Waals surface area contributed by atoms with Gasteiger partial charge >= 0.3 is 0 Å². The third kappa shape index (κ3) is 2.43. The lowest BCUT2D eigenvalue weighted by Crippen LogP contribution is -1.98. The minimum atomic E-state index is 0.713. The van der Waals surface area contributed by atoms with Crippen molar-refractivity contribution in [3.63, 3.8) is 0 Å². The molecule has 0 saturated carbocycles. The minimum absolute atomic E-state index is 0.713. The summed E-state index contributed by atoms with van der Waals surface area (Å²) in [4.78, 5) is 4.43. The van der Waals surface area contributed by atoms with Crippen LogP contribution in [-0.4, -0.2) is 4.98 Å². The highest BCUT2D eigenvalue weighted by Gasteiger charge is 2.01. The third-order valence-electron chi connectivity index (χ3n) is 3.39. The summed E-state index contributed by atoms with van der Waals surface area (Å²) < 4.78 is 0. The number of rotatable bonds is 2. The van der Waals surface area contributed by atoms with Crippen molar-refractivity contribution < 1.29 is 0 Å². The molecule has 0 bridgehead atoms. The zero-order valence-electron chi connectivity index (χ0n) is 11.6. The Morgan fingerprint density at radius 1 is 0.900 bits per heavy atom. The summed E-state index contributed by atoms with van der Waals surface area (Å²) in [5, 5.41) is 5.77. The lowest BCUT2D eigenvalue weighted by molar-refractivity contribution is 1.20. The molecule has 0 aliphatic carbocycles. The van der Waals surface area contributed by atoms with Crippen molar-refractivity contribution in [2.24, 2.45) is 0 Å². The van der Waals surface area contributed by atoms with Gasteiger partial charge in [0.15, 0.2) is 0 Å². The quantitative estimate of drug-likeness (QED) is 0.729. The second-order valence-corrected chi connectivity index (χ2v) is 5.06. The van der Waals surface area contributed by atoms with Crippen molar-refractivity contribution in [1.29, 1.82) is 0 Å². The molecular formula is C17H17N3. The molecule has 20 heavy (non-hydrogen) atoms. The number of hydrogen-bond donors (Lipinski definition) is 2. The van der Waals surface area contributed by atoms with Gasteiger partial charge in [0.1, 0.15) is 5.82 Å². The zero-order chi connectivity index (χ0) is 14.1. The summed E-state index contributed by atoms with van der Waals surface area (Å²) in [5.41, 5.74) is 9.63. The molecular weight excluding hydrogens is 246 g/mol. The molecule has 2 aromatic carbocycles. The number of pyridine rings is 1. The zero-order valence-corrected chi connectivity index (χ0v) is 11.6. The van der Waals surface area contributed by atoms with E-state index >= 15 is 0 Å². The summed E-state index contributed by atoms with van der Waals surface area (Å²) in [6, 6.07) is 16.5. The number of hydrogen-bond acceptors (Lipinski definition) is 3. The van der Waals surface area contributed by atoms with E-state index in [-0.39, 0.29) is 0 Å². The first-order valence-corrected chi connectivity index (χ1v) is 6.62. The van der Waals surface area contributed by atoms with Crippen LogP contribution in [0.3, 0.4) is 0 Å². The molecule has 0 saturated heterocycles. The second-order valence-electron chi connectivity index (χ2n) is 5.06. The molecule has 3 N–H and O–H groups in total. The van der Waals surface area contributed by atoms with E-state index in [9.17, 15) is 0 Å². The van der Waals surface area contributed by atoms with Gasteiger partial charge in [0.25, 0.3) is 0 Å². The highest BCUT2D eigenvalue weighted by molar-refractivity contribution is 5.87. The van der Waals surface area contributed by atoms with Gasteiger partial charge in [-0.2, -0.15) is 0 Å². The summed E-state index contributed by atoms with van der Waals surface area (Å²) in [6.07, 6.45) is 0. The standard InChI is InChI=1S/C17H17N3/c1-11-3-4-14-10-15(6-5-13(14)9-11)20-17-8-7-16(18)12(2)19-17/h3-10H,18H2,1-2H3,(H,19,20). The normalized spacial score (nSPS) is 10.7. The van der Waals surface area contributed by atoms with E-state index in [0.717, 1.165) is 17.2 Å². The molecule has 3 rings (SSSR count). The van der Waals surface area contributed by atoms with Crippen LogP contribution < -0.4 is 11.1 Å². The van der Waals surface area contributed by atoms with Gasteiger partial charge in [-0.3, -0.25) is 0 Å². The Morgan fingerprint density at radius 3 is 2.45 bits per heavy atom. The van der Waals surface area contributed by atoms with Crippen LogP contribution in [0.2, 0.25) is 0 Å². The van der Waals surface area contributed by atoms with Crippen LogP contribution >= 0.6 is 0 Å². The molecule has 0 aliphatic heterocycles. The Kier molecular flexibility index (Phi) is 3.03. The van der Waals surface area contributed by atoms with E-state index < -0.39 is 0 Å². The molecule has 0 unspecified atom stereocenters. The maximum absolute atomic E-state index is 5.78. The number of nitrogens with zero attached hydrogens (tertiary/aromatic N) is 1. The fraction of sp³-hybridized carbons (Fsp3) is 0.118. The fourth-order valence-electron chi connectivity index (χ4n) is 2.23. The average Bonchev–Trinajstić information content (AvgIpc) is 2.43. The highest BCUT2D eigenvalue weighted by Crippen LogP contribution is 2.23. The molecule has 0 spiro atoms. The number of fused-ring (bicyclic) bond motifs is 1. The van der Waals surface area contributed by atoms with Gasteiger partial charge in [0.05, 0.1) is 11.4 Å². The molecule has 0 fully saturated rings. The van der Waals surface area contributed by atoms with Crippen molar-refractivity contribution in [2.45, 2.75) is 13.8 Å². The maximum Gasteiger partial charge on any atom is 0.130 e.